The van der Waals surface area contributed by atoms with Crippen LogP contribution in [0.5, 0.6) is 0 Å². The van der Waals surface area contributed by atoms with Crippen LogP contribution in [0.1, 0.15) is 0 Å². The van der Waals surface area contributed by atoms with Crippen molar-refractivity contribution in [3.8, 4) is 0 Å². The molecule has 14 heteroatoms. The Bertz CT molecular complexity index is 284. The fourth-order valence-corrected chi connectivity index (χ4v) is 0.466. The fraction of sp³-hybridized carbons (Fsp3) is 0.600. The first-order chi connectivity index (χ1) is 8.39. The lowest BCUT2D eigenvalue weighted by Gasteiger charge is -2.27. The van der Waals surface area contributed by atoms with Crippen molar-refractivity contribution in [3.63, 3.8) is 0 Å². The van der Waals surface area contributed by atoms with Crippen molar-refractivity contribution in [3.05, 3.63) is 0 Å². The highest BCUT2D eigenvalue weighted by atomic mass is 19.3. The molecule has 10 N–H and O–H groups in total. The first-order valence-corrected chi connectivity index (χ1v) is 3.66. The Hall–Kier alpha value is -1.64. The van der Waals surface area contributed by atoms with Gasteiger partial charge in [-0.25, -0.2) is 9.59 Å². The van der Waals surface area contributed by atoms with Gasteiger partial charge in [0.2, 0.25) is 0 Å². The molecule has 0 aliphatic heterocycles. The summed E-state index contributed by atoms with van der Waals surface area (Å²) in [5.74, 6) is -10.00. The highest BCUT2D eigenvalue weighted by molar-refractivity contribution is 5.82. The van der Waals surface area contributed by atoms with Gasteiger partial charge in [0.1, 0.15) is 0 Å². The molecular weight excluding hydrogens is 294 g/mol. The lowest BCUT2D eigenvalue weighted by Crippen LogP contribution is -2.60. The number of rotatable bonds is 4. The zero-order chi connectivity index (χ0) is 16.7. The fourth-order valence-electron chi connectivity index (χ4n) is 0.466. The number of nitrogens with two attached hydrogens (primary N) is 4. The predicted octanol–water partition coefficient (Wildman–Crippen LogP) is -1.30. The van der Waals surface area contributed by atoms with Gasteiger partial charge in [0.15, 0.2) is 0 Å². The highest BCUT2D eigenvalue weighted by Crippen LogP contribution is 2.45. The zero-order valence-electron chi connectivity index (χ0n) is 8.79. The van der Waals surface area contributed by atoms with Crippen molar-refractivity contribution in [2.75, 3.05) is 0 Å². The topological polar surface area (TPSA) is 179 Å². The molecule has 0 aliphatic carbocycles. The average Bonchev–Trinajstić information content (AvgIpc) is 2.33. The Morgan fingerprint density at radius 3 is 0.947 bits per heavy atom. The van der Waals surface area contributed by atoms with E-state index in [0.29, 0.717) is 0 Å². The van der Waals surface area contributed by atoms with Crippen molar-refractivity contribution >= 4 is 11.9 Å². The average molecular weight is 304 g/mol. The van der Waals surface area contributed by atoms with Crippen LogP contribution in [0.2, 0.25) is 0 Å². The van der Waals surface area contributed by atoms with Crippen molar-refractivity contribution in [1.29, 1.82) is 0 Å². The Balaban J connectivity index is -0.000000579. The summed E-state index contributed by atoms with van der Waals surface area (Å²) in [6.45, 7) is 0. The summed E-state index contributed by atoms with van der Waals surface area (Å²) in [6.07, 6.45) is 0. The Kier molecular flexibility index (Phi) is 9.16. The quantitative estimate of drug-likeness (QED) is 0.210. The van der Waals surface area contributed by atoms with Crippen molar-refractivity contribution < 1.29 is 46.1 Å². The maximum absolute atomic E-state index is 12.2. The van der Waals surface area contributed by atoms with Crippen LogP contribution >= 0.6 is 0 Å². The van der Waals surface area contributed by atoms with Gasteiger partial charge in [-0.15, -0.1) is 0 Å². The van der Waals surface area contributed by atoms with Gasteiger partial charge in [-0.1, -0.05) is 0 Å². The SMILES string of the molecule is NN.NN.O=C(O)C(F)(F)C(F)(F)C(F)(F)C(=O)O. The highest BCUT2D eigenvalue weighted by Gasteiger charge is 2.78. The molecule has 0 heterocycles. The second-order valence-electron chi connectivity index (χ2n) is 2.33. The molecule has 19 heavy (non-hydrogen) atoms. The molecule has 0 amide bonds. The summed E-state index contributed by atoms with van der Waals surface area (Å²) in [6, 6.07) is 0. The molecule has 0 atom stereocenters. The van der Waals surface area contributed by atoms with Crippen LogP contribution < -0.4 is 23.4 Å². The van der Waals surface area contributed by atoms with Crippen LogP contribution in [0.25, 0.3) is 0 Å². The monoisotopic (exact) mass is 304 g/mol. The zero-order valence-corrected chi connectivity index (χ0v) is 8.79. The third-order valence-electron chi connectivity index (χ3n) is 1.33. The Labute approximate surface area is 100 Å². The number of halogens is 6. The van der Waals surface area contributed by atoms with E-state index < -0.39 is 29.7 Å². The first-order valence-electron chi connectivity index (χ1n) is 3.66. The minimum atomic E-state index is -6.53. The lowest BCUT2D eigenvalue weighted by molar-refractivity contribution is -0.298. The van der Waals surface area contributed by atoms with Crippen LogP contribution in [0.15, 0.2) is 0 Å². The Morgan fingerprint density at radius 1 is 0.684 bits per heavy atom. The molecule has 0 fully saturated rings. The maximum atomic E-state index is 12.2. The lowest BCUT2D eigenvalue weighted by atomic mass is 10.1. The summed E-state index contributed by atoms with van der Waals surface area (Å²) in [5, 5.41) is 15.1. The summed E-state index contributed by atoms with van der Waals surface area (Å²) < 4.78 is 72.8. The van der Waals surface area contributed by atoms with E-state index in [1.807, 2.05) is 0 Å². The van der Waals surface area contributed by atoms with E-state index in [-0.39, 0.29) is 0 Å². The van der Waals surface area contributed by atoms with E-state index in [9.17, 15) is 35.9 Å². The molecule has 0 aromatic carbocycles. The van der Waals surface area contributed by atoms with Gasteiger partial charge in [-0.2, -0.15) is 26.3 Å². The molecule has 0 spiro atoms. The predicted molar refractivity (Wildman–Crippen MR) is 46.9 cm³/mol. The molecule has 0 rings (SSSR count). The minimum Gasteiger partial charge on any atom is -0.477 e. The van der Waals surface area contributed by atoms with Gasteiger partial charge in [0, 0.05) is 0 Å². The van der Waals surface area contributed by atoms with Crippen LogP contribution in [0, 0.1) is 0 Å². The maximum Gasteiger partial charge on any atom is 0.411 e. The van der Waals surface area contributed by atoms with E-state index in [0.717, 1.165) is 0 Å². The molecule has 0 aliphatic rings. The third kappa shape index (κ3) is 4.19. The Morgan fingerprint density at radius 2 is 0.842 bits per heavy atom. The molecule has 116 valence electrons. The minimum absolute atomic E-state index is 3.55. The van der Waals surface area contributed by atoms with Crippen LogP contribution in [0.3, 0.4) is 0 Å². The molecule has 0 bridgehead atoms. The van der Waals surface area contributed by atoms with E-state index in [1.54, 1.807) is 0 Å². The van der Waals surface area contributed by atoms with Gasteiger partial charge >= 0.3 is 29.7 Å². The molecule has 0 radical (unpaired) electrons. The molecule has 0 aromatic rings. The number of aliphatic carboxylic acids is 2. The standard InChI is InChI=1S/C5H2F6O4.2H4N2/c6-3(7,1(12)13)5(10,11)4(8,9)2(14)15;2*1-2/h(H,12,13)(H,14,15);2*1-2H2. The number of alkyl halides is 6. The molecule has 0 unspecified atom stereocenters. The van der Waals surface area contributed by atoms with Gasteiger partial charge < -0.3 is 10.2 Å². The van der Waals surface area contributed by atoms with Crippen LogP contribution in [0.4, 0.5) is 26.3 Å². The van der Waals surface area contributed by atoms with Gasteiger partial charge in [-0.05, 0) is 0 Å². The molecule has 8 nitrogen and oxygen atoms in total. The molecule has 0 saturated carbocycles. The second kappa shape index (κ2) is 7.72. The van der Waals surface area contributed by atoms with Crippen molar-refractivity contribution in [2.24, 2.45) is 23.4 Å². The van der Waals surface area contributed by atoms with Crippen LogP contribution in [-0.2, 0) is 9.59 Å². The van der Waals surface area contributed by atoms with E-state index in [4.69, 9.17) is 10.2 Å². The number of carbonyl (C=O) groups is 2. The normalized spacial score (nSPS) is 11.5. The van der Waals surface area contributed by atoms with E-state index in [1.165, 1.54) is 0 Å². The summed E-state index contributed by atoms with van der Waals surface area (Å²) in [4.78, 5) is 19.2. The van der Waals surface area contributed by atoms with Crippen molar-refractivity contribution in [1.82, 2.24) is 0 Å². The summed E-state index contributed by atoms with van der Waals surface area (Å²) >= 11 is 0. The van der Waals surface area contributed by atoms with Gasteiger partial charge in [-0.3, -0.25) is 23.4 Å². The summed E-state index contributed by atoms with van der Waals surface area (Å²) in [5.41, 5.74) is 0. The molecular formula is C5H10F6N4O4. The smallest absolute Gasteiger partial charge is 0.411 e. The van der Waals surface area contributed by atoms with E-state index >= 15 is 0 Å². The van der Waals surface area contributed by atoms with Crippen molar-refractivity contribution in [2.45, 2.75) is 17.8 Å². The summed E-state index contributed by atoms with van der Waals surface area (Å²) in [7, 11) is 0. The van der Waals surface area contributed by atoms with Crippen LogP contribution in [-0.4, -0.2) is 39.9 Å². The first kappa shape index (κ1) is 22.5. The van der Waals surface area contributed by atoms with Gasteiger partial charge in [0.25, 0.3) is 0 Å². The largest absolute Gasteiger partial charge is 0.477 e. The molecule has 0 saturated heterocycles. The number of hydrogen-bond acceptors (Lipinski definition) is 6. The number of carboxylic acids is 2. The van der Waals surface area contributed by atoms with E-state index in [2.05, 4.69) is 23.4 Å². The van der Waals surface area contributed by atoms with Gasteiger partial charge in [0.05, 0.1) is 0 Å². The number of carboxylic acid groups (broad SMARTS) is 2. The third-order valence-corrected chi connectivity index (χ3v) is 1.33. The number of hydrazine groups is 2. The molecule has 0 aromatic heterocycles. The number of hydrogen-bond donors (Lipinski definition) is 6. The second-order valence-corrected chi connectivity index (χ2v) is 2.33.